The molecule has 1 saturated heterocycles. The largest absolute Gasteiger partial charge is 0.466 e. The minimum Gasteiger partial charge on any atom is -0.466 e. The van der Waals surface area contributed by atoms with Crippen LogP contribution in [0, 0.1) is 5.92 Å². The minimum atomic E-state index is -0.700. The zero-order valence-corrected chi connectivity index (χ0v) is 12.4. The Morgan fingerprint density at radius 1 is 1.25 bits per heavy atom. The van der Waals surface area contributed by atoms with E-state index in [2.05, 4.69) is 0 Å². The van der Waals surface area contributed by atoms with Crippen molar-refractivity contribution < 1.29 is 14.3 Å². The Balaban J connectivity index is 1.97. The zero-order chi connectivity index (χ0) is 14.6. The SMILES string of the molecule is CCOC(=O)C1CCCN(C(=O)C2(N)CCCCC2)C1. The highest BCUT2D eigenvalue weighted by Crippen LogP contribution is 2.29. The first kappa shape index (κ1) is 15.3. The number of ether oxygens (including phenoxy) is 1. The molecule has 2 N–H and O–H groups in total. The predicted molar refractivity (Wildman–Crippen MR) is 75.9 cm³/mol. The van der Waals surface area contributed by atoms with Crippen molar-refractivity contribution in [1.29, 1.82) is 0 Å². The van der Waals surface area contributed by atoms with E-state index in [-0.39, 0.29) is 17.8 Å². The lowest BCUT2D eigenvalue weighted by Gasteiger charge is -2.40. The van der Waals surface area contributed by atoms with Gasteiger partial charge in [0.2, 0.25) is 5.91 Å². The minimum absolute atomic E-state index is 0.0335. The number of hydrogen-bond acceptors (Lipinski definition) is 4. The summed E-state index contributed by atoms with van der Waals surface area (Å²) < 4.78 is 5.07. The molecule has 0 bridgehead atoms. The summed E-state index contributed by atoms with van der Waals surface area (Å²) in [4.78, 5) is 26.3. The van der Waals surface area contributed by atoms with Crippen LogP contribution < -0.4 is 5.73 Å². The number of hydrogen-bond donors (Lipinski definition) is 1. The van der Waals surface area contributed by atoms with Crippen LogP contribution in [0.4, 0.5) is 0 Å². The molecule has 2 aliphatic rings. The molecule has 1 aliphatic carbocycles. The summed E-state index contributed by atoms with van der Waals surface area (Å²) in [6.45, 7) is 3.38. The third-order valence-corrected chi connectivity index (χ3v) is 4.50. The number of nitrogens with two attached hydrogens (primary N) is 1. The highest BCUT2D eigenvalue weighted by molar-refractivity contribution is 5.87. The van der Waals surface area contributed by atoms with E-state index < -0.39 is 5.54 Å². The summed E-state index contributed by atoms with van der Waals surface area (Å²) in [5.74, 6) is -0.328. The van der Waals surface area contributed by atoms with Crippen molar-refractivity contribution in [2.24, 2.45) is 11.7 Å². The Labute approximate surface area is 120 Å². The highest BCUT2D eigenvalue weighted by atomic mass is 16.5. The van der Waals surface area contributed by atoms with Gasteiger partial charge < -0.3 is 15.4 Å². The molecule has 1 aliphatic heterocycles. The van der Waals surface area contributed by atoms with Gasteiger partial charge >= 0.3 is 5.97 Å². The maximum Gasteiger partial charge on any atom is 0.310 e. The van der Waals surface area contributed by atoms with Crippen LogP contribution in [0.3, 0.4) is 0 Å². The Kier molecular flexibility index (Phi) is 5.02. The van der Waals surface area contributed by atoms with E-state index in [4.69, 9.17) is 10.5 Å². The topological polar surface area (TPSA) is 72.6 Å². The van der Waals surface area contributed by atoms with Gasteiger partial charge in [-0.25, -0.2) is 0 Å². The van der Waals surface area contributed by atoms with E-state index in [1.54, 1.807) is 11.8 Å². The van der Waals surface area contributed by atoms with E-state index >= 15 is 0 Å². The third kappa shape index (κ3) is 3.32. The molecule has 1 heterocycles. The summed E-state index contributed by atoms with van der Waals surface area (Å²) in [5, 5.41) is 0. The molecule has 1 amide bonds. The molecular weight excluding hydrogens is 256 g/mol. The van der Waals surface area contributed by atoms with Crippen LogP contribution in [0.1, 0.15) is 51.9 Å². The smallest absolute Gasteiger partial charge is 0.310 e. The number of piperidine rings is 1. The Morgan fingerprint density at radius 3 is 2.60 bits per heavy atom. The molecule has 1 atom stereocenters. The first-order chi connectivity index (χ1) is 9.57. The van der Waals surface area contributed by atoms with Gasteiger partial charge in [-0.3, -0.25) is 9.59 Å². The number of esters is 1. The molecule has 2 rings (SSSR count). The second kappa shape index (κ2) is 6.57. The van der Waals surface area contributed by atoms with Crippen molar-refractivity contribution in [2.75, 3.05) is 19.7 Å². The molecule has 0 aromatic carbocycles. The summed E-state index contributed by atoms with van der Waals surface area (Å²) >= 11 is 0. The van der Waals surface area contributed by atoms with Gasteiger partial charge in [0.05, 0.1) is 18.1 Å². The van der Waals surface area contributed by atoms with Crippen molar-refractivity contribution >= 4 is 11.9 Å². The molecule has 1 unspecified atom stereocenters. The molecule has 0 aromatic heterocycles. The van der Waals surface area contributed by atoms with Crippen LogP contribution in [0.25, 0.3) is 0 Å². The molecule has 0 spiro atoms. The van der Waals surface area contributed by atoms with Crippen LogP contribution in [-0.2, 0) is 14.3 Å². The summed E-state index contributed by atoms with van der Waals surface area (Å²) in [5.41, 5.74) is 5.61. The van der Waals surface area contributed by atoms with Gasteiger partial charge in [0, 0.05) is 13.1 Å². The Hall–Kier alpha value is -1.10. The number of carbonyl (C=O) groups is 2. The van der Waals surface area contributed by atoms with Crippen molar-refractivity contribution in [1.82, 2.24) is 4.90 Å². The standard InChI is InChI=1S/C15H26N2O3/c1-2-20-13(18)12-7-6-10-17(11-12)14(19)15(16)8-4-3-5-9-15/h12H,2-11,16H2,1H3. The first-order valence-corrected chi connectivity index (χ1v) is 7.82. The van der Waals surface area contributed by atoms with Crippen LogP contribution in [0.5, 0.6) is 0 Å². The zero-order valence-electron chi connectivity index (χ0n) is 12.4. The number of rotatable bonds is 3. The van der Waals surface area contributed by atoms with E-state index in [0.717, 1.165) is 44.9 Å². The fraction of sp³-hybridized carbons (Fsp3) is 0.867. The second-order valence-corrected chi connectivity index (χ2v) is 6.06. The normalized spacial score (nSPS) is 26.1. The number of nitrogens with zero attached hydrogens (tertiary/aromatic N) is 1. The van der Waals surface area contributed by atoms with E-state index in [1.165, 1.54) is 0 Å². The van der Waals surface area contributed by atoms with Gasteiger partial charge in [-0.15, -0.1) is 0 Å². The lowest BCUT2D eigenvalue weighted by atomic mass is 9.81. The van der Waals surface area contributed by atoms with E-state index in [0.29, 0.717) is 19.7 Å². The molecule has 20 heavy (non-hydrogen) atoms. The molecule has 0 aromatic rings. The molecule has 1 saturated carbocycles. The van der Waals surface area contributed by atoms with E-state index in [9.17, 15) is 9.59 Å². The number of carbonyl (C=O) groups excluding carboxylic acids is 2. The fourth-order valence-electron chi connectivity index (χ4n) is 3.33. The van der Waals surface area contributed by atoms with Gasteiger partial charge in [-0.1, -0.05) is 19.3 Å². The predicted octanol–water partition coefficient (Wildman–Crippen LogP) is 1.45. The molecule has 114 valence electrons. The van der Waals surface area contributed by atoms with Crippen LogP contribution >= 0.6 is 0 Å². The van der Waals surface area contributed by atoms with Gasteiger partial charge in [0.1, 0.15) is 0 Å². The van der Waals surface area contributed by atoms with Crippen molar-refractivity contribution in [3.05, 3.63) is 0 Å². The fourth-order valence-corrected chi connectivity index (χ4v) is 3.33. The average Bonchev–Trinajstić information content (AvgIpc) is 2.47. The average molecular weight is 282 g/mol. The van der Waals surface area contributed by atoms with Crippen molar-refractivity contribution in [3.63, 3.8) is 0 Å². The summed E-state index contributed by atoms with van der Waals surface area (Å²) in [7, 11) is 0. The van der Waals surface area contributed by atoms with Crippen molar-refractivity contribution in [3.8, 4) is 0 Å². The molecule has 5 nitrogen and oxygen atoms in total. The monoisotopic (exact) mass is 282 g/mol. The van der Waals surface area contributed by atoms with Gasteiger partial charge in [-0.05, 0) is 32.6 Å². The molecular formula is C15H26N2O3. The van der Waals surface area contributed by atoms with Crippen LogP contribution in [0.15, 0.2) is 0 Å². The third-order valence-electron chi connectivity index (χ3n) is 4.50. The molecule has 2 fully saturated rings. The maximum atomic E-state index is 12.6. The Morgan fingerprint density at radius 2 is 1.95 bits per heavy atom. The quantitative estimate of drug-likeness (QED) is 0.795. The molecule has 5 heteroatoms. The number of amides is 1. The van der Waals surface area contributed by atoms with Crippen molar-refractivity contribution in [2.45, 2.75) is 57.4 Å². The Bertz CT molecular complexity index is 364. The second-order valence-electron chi connectivity index (χ2n) is 6.06. The first-order valence-electron chi connectivity index (χ1n) is 7.82. The van der Waals surface area contributed by atoms with Gasteiger partial charge in [0.25, 0.3) is 0 Å². The van der Waals surface area contributed by atoms with Crippen LogP contribution in [-0.4, -0.2) is 42.0 Å². The highest BCUT2D eigenvalue weighted by Gasteiger charge is 2.40. The maximum absolute atomic E-state index is 12.6. The lowest BCUT2D eigenvalue weighted by molar-refractivity contribution is -0.152. The summed E-state index contributed by atoms with van der Waals surface area (Å²) in [6, 6.07) is 0. The lowest BCUT2D eigenvalue weighted by Crippen LogP contribution is -2.58. The van der Waals surface area contributed by atoms with Gasteiger partial charge in [-0.2, -0.15) is 0 Å². The van der Waals surface area contributed by atoms with E-state index in [1.807, 2.05) is 0 Å². The molecule has 0 radical (unpaired) electrons. The van der Waals surface area contributed by atoms with Crippen LogP contribution in [0.2, 0.25) is 0 Å². The summed E-state index contributed by atoms with van der Waals surface area (Å²) in [6.07, 6.45) is 6.41. The van der Waals surface area contributed by atoms with Gasteiger partial charge in [0.15, 0.2) is 0 Å². The number of likely N-dealkylation sites (tertiary alicyclic amines) is 1.